The van der Waals surface area contributed by atoms with Crippen LogP contribution in [0.4, 0.5) is 0 Å². The molecule has 1 heterocycles. The van der Waals surface area contributed by atoms with E-state index in [1.165, 1.54) is 43.1 Å². The lowest BCUT2D eigenvalue weighted by molar-refractivity contribution is 0.0943. The fourth-order valence-electron chi connectivity index (χ4n) is 4.08. The van der Waals surface area contributed by atoms with Gasteiger partial charge in [-0.05, 0) is 71.1 Å². The Bertz CT molecular complexity index is 1030. The van der Waals surface area contributed by atoms with Crippen LogP contribution in [0.2, 0.25) is 0 Å². The maximum atomic E-state index is 13.0. The van der Waals surface area contributed by atoms with Crippen LogP contribution in [0.3, 0.4) is 0 Å². The summed E-state index contributed by atoms with van der Waals surface area (Å²) in [5.41, 5.74) is 2.86. The number of methoxy groups -OCH3 is 2. The van der Waals surface area contributed by atoms with E-state index < -0.39 is 0 Å². The van der Waals surface area contributed by atoms with Crippen molar-refractivity contribution in [3.63, 3.8) is 0 Å². The Balaban J connectivity index is 1.69. The summed E-state index contributed by atoms with van der Waals surface area (Å²) in [7, 11) is 3.24. The minimum absolute atomic E-state index is 0.108. The van der Waals surface area contributed by atoms with Crippen molar-refractivity contribution in [2.24, 2.45) is 5.92 Å². The van der Waals surface area contributed by atoms with Gasteiger partial charge >= 0.3 is 0 Å². The van der Waals surface area contributed by atoms with Gasteiger partial charge in [0.1, 0.15) is 17.8 Å². The van der Waals surface area contributed by atoms with Crippen LogP contribution in [0.1, 0.15) is 42.5 Å². The highest BCUT2D eigenvalue weighted by Gasteiger charge is 2.17. The van der Waals surface area contributed by atoms with E-state index in [-0.39, 0.29) is 5.91 Å². The maximum absolute atomic E-state index is 13.0. The minimum atomic E-state index is -0.108. The van der Waals surface area contributed by atoms with Gasteiger partial charge in [0.15, 0.2) is 0 Å². The molecule has 31 heavy (non-hydrogen) atoms. The lowest BCUT2D eigenvalue weighted by Crippen LogP contribution is -2.30. The lowest BCUT2D eigenvalue weighted by Gasteiger charge is -2.22. The van der Waals surface area contributed by atoms with E-state index in [1.807, 2.05) is 30.3 Å². The van der Waals surface area contributed by atoms with Crippen LogP contribution in [-0.2, 0) is 0 Å². The zero-order valence-electron chi connectivity index (χ0n) is 17.9. The van der Waals surface area contributed by atoms with Gasteiger partial charge in [-0.15, -0.1) is 5.10 Å². The molecule has 3 aromatic rings. The van der Waals surface area contributed by atoms with Crippen LogP contribution in [0.25, 0.3) is 16.8 Å². The van der Waals surface area contributed by atoms with Crippen molar-refractivity contribution in [1.82, 2.24) is 25.5 Å². The topological polar surface area (TPSA) is 91.2 Å². The molecule has 0 bridgehead atoms. The molecule has 0 saturated heterocycles. The van der Waals surface area contributed by atoms with Crippen molar-refractivity contribution in [3.8, 4) is 28.3 Å². The monoisotopic (exact) mass is 421 g/mol. The van der Waals surface area contributed by atoms with E-state index >= 15 is 0 Å². The molecule has 1 aliphatic carbocycles. The number of carbonyl (C=O) groups is 1. The number of tetrazole rings is 1. The Morgan fingerprint density at radius 3 is 2.65 bits per heavy atom. The Kier molecular flexibility index (Phi) is 6.45. The molecule has 0 radical (unpaired) electrons. The maximum Gasteiger partial charge on any atom is 0.251 e. The third-order valence-corrected chi connectivity index (χ3v) is 5.79. The number of nitrogens with one attached hydrogen (secondary N) is 1. The fraction of sp³-hybridized carbons (Fsp3) is 0.391. The lowest BCUT2D eigenvalue weighted by atomic mass is 9.89. The molecule has 1 N–H and O–H groups in total. The van der Waals surface area contributed by atoms with Crippen molar-refractivity contribution >= 4 is 5.91 Å². The van der Waals surface area contributed by atoms with E-state index in [4.69, 9.17) is 9.47 Å². The van der Waals surface area contributed by atoms with Crippen LogP contribution in [0, 0.1) is 5.92 Å². The summed E-state index contributed by atoms with van der Waals surface area (Å²) in [6.07, 6.45) is 7.65. The quantitative estimate of drug-likeness (QED) is 0.626. The normalized spacial score (nSPS) is 14.3. The molecular weight excluding hydrogens is 394 g/mol. The number of ether oxygens (including phenoxy) is 2. The molecule has 8 heteroatoms. The highest BCUT2D eigenvalue weighted by Crippen LogP contribution is 2.35. The van der Waals surface area contributed by atoms with Gasteiger partial charge in [0, 0.05) is 17.7 Å². The number of rotatable bonds is 7. The Morgan fingerprint density at radius 2 is 1.94 bits per heavy atom. The first-order valence-corrected chi connectivity index (χ1v) is 10.6. The Morgan fingerprint density at radius 1 is 1.10 bits per heavy atom. The average molecular weight is 422 g/mol. The zero-order valence-corrected chi connectivity index (χ0v) is 17.9. The largest absolute Gasteiger partial charge is 0.497 e. The second kappa shape index (κ2) is 9.59. The number of benzene rings is 2. The molecule has 1 saturated carbocycles. The van der Waals surface area contributed by atoms with Crippen molar-refractivity contribution in [3.05, 3.63) is 48.3 Å². The van der Waals surface area contributed by atoms with Crippen LogP contribution < -0.4 is 14.8 Å². The Labute approximate surface area is 181 Å². The van der Waals surface area contributed by atoms with Crippen molar-refractivity contribution in [1.29, 1.82) is 0 Å². The first-order chi connectivity index (χ1) is 15.2. The zero-order chi connectivity index (χ0) is 21.6. The molecule has 0 atom stereocenters. The van der Waals surface area contributed by atoms with E-state index in [9.17, 15) is 4.79 Å². The second-order valence-electron chi connectivity index (χ2n) is 7.80. The molecule has 162 valence electrons. The van der Waals surface area contributed by atoms with Crippen LogP contribution >= 0.6 is 0 Å². The molecule has 8 nitrogen and oxygen atoms in total. The molecule has 1 aromatic heterocycles. The predicted molar refractivity (Wildman–Crippen MR) is 117 cm³/mol. The standard InChI is InChI=1S/C23H27N5O3/c1-30-20-8-9-22(31-2)21(13-20)17-10-18(12-19(11-17)28-15-25-26-27-28)23(29)24-14-16-6-4-3-5-7-16/h8-13,15-16H,3-7,14H2,1-2H3,(H,24,29). The minimum Gasteiger partial charge on any atom is -0.497 e. The summed E-state index contributed by atoms with van der Waals surface area (Å²) in [6, 6.07) is 11.2. The van der Waals surface area contributed by atoms with Crippen LogP contribution in [-0.4, -0.2) is 46.9 Å². The summed E-state index contributed by atoms with van der Waals surface area (Å²) in [5.74, 6) is 1.83. The first-order valence-electron chi connectivity index (χ1n) is 10.6. The van der Waals surface area contributed by atoms with Gasteiger partial charge in [-0.25, -0.2) is 4.68 Å². The molecular formula is C23H27N5O3. The number of carbonyl (C=O) groups excluding carboxylic acids is 1. The molecule has 4 rings (SSSR count). The van der Waals surface area contributed by atoms with Gasteiger partial charge in [0.05, 0.1) is 19.9 Å². The van der Waals surface area contributed by atoms with Crippen molar-refractivity contribution in [2.75, 3.05) is 20.8 Å². The van der Waals surface area contributed by atoms with E-state index in [2.05, 4.69) is 20.8 Å². The van der Waals surface area contributed by atoms with Crippen LogP contribution in [0.5, 0.6) is 11.5 Å². The average Bonchev–Trinajstić information content (AvgIpc) is 3.37. The SMILES string of the molecule is COc1ccc(OC)c(-c2cc(C(=O)NCC3CCCCC3)cc(-n3cnnn3)c2)c1. The molecule has 2 aromatic carbocycles. The van der Waals surface area contributed by atoms with Crippen molar-refractivity contribution in [2.45, 2.75) is 32.1 Å². The first kappa shape index (κ1) is 20.8. The third kappa shape index (κ3) is 4.84. The van der Waals surface area contributed by atoms with Gasteiger partial charge in [-0.3, -0.25) is 4.79 Å². The molecule has 1 amide bonds. The van der Waals surface area contributed by atoms with Gasteiger partial charge in [-0.2, -0.15) is 0 Å². The molecule has 0 spiro atoms. The van der Waals surface area contributed by atoms with E-state index in [0.717, 1.165) is 11.1 Å². The number of nitrogens with zero attached hydrogens (tertiary/aromatic N) is 4. The summed E-state index contributed by atoms with van der Waals surface area (Å²) < 4.78 is 12.5. The summed E-state index contributed by atoms with van der Waals surface area (Å²) in [4.78, 5) is 13.0. The smallest absolute Gasteiger partial charge is 0.251 e. The number of amides is 1. The number of aromatic nitrogens is 4. The van der Waals surface area contributed by atoms with Gasteiger partial charge in [0.25, 0.3) is 5.91 Å². The van der Waals surface area contributed by atoms with E-state index in [0.29, 0.717) is 35.2 Å². The van der Waals surface area contributed by atoms with E-state index in [1.54, 1.807) is 20.3 Å². The summed E-state index contributed by atoms with van der Waals surface area (Å²) in [5, 5.41) is 14.5. The predicted octanol–water partition coefficient (Wildman–Crippen LogP) is 3.66. The van der Waals surface area contributed by atoms with Gasteiger partial charge < -0.3 is 14.8 Å². The summed E-state index contributed by atoms with van der Waals surface area (Å²) in [6.45, 7) is 0.700. The van der Waals surface area contributed by atoms with Crippen LogP contribution in [0.15, 0.2) is 42.7 Å². The highest BCUT2D eigenvalue weighted by atomic mass is 16.5. The molecule has 0 aliphatic heterocycles. The molecule has 0 unspecified atom stereocenters. The second-order valence-corrected chi connectivity index (χ2v) is 7.80. The highest BCUT2D eigenvalue weighted by molar-refractivity contribution is 5.96. The van der Waals surface area contributed by atoms with Gasteiger partial charge in [-0.1, -0.05) is 19.3 Å². The fourth-order valence-corrected chi connectivity index (χ4v) is 4.08. The molecule has 1 aliphatic rings. The third-order valence-electron chi connectivity index (χ3n) is 5.79. The molecule has 1 fully saturated rings. The number of hydrogen-bond donors (Lipinski definition) is 1. The number of hydrogen-bond acceptors (Lipinski definition) is 6. The van der Waals surface area contributed by atoms with Gasteiger partial charge in [0.2, 0.25) is 0 Å². The summed E-state index contributed by atoms with van der Waals surface area (Å²) >= 11 is 0. The Hall–Kier alpha value is -3.42. The van der Waals surface area contributed by atoms with Crippen molar-refractivity contribution < 1.29 is 14.3 Å².